The second-order valence-corrected chi connectivity index (χ2v) is 19.8. The molecule has 5 aromatic carbocycles. The van der Waals surface area contributed by atoms with Gasteiger partial charge in [0.2, 0.25) is 17.7 Å². The van der Waals surface area contributed by atoms with Gasteiger partial charge < -0.3 is 49.6 Å². The highest BCUT2D eigenvalue weighted by molar-refractivity contribution is 6.16. The lowest BCUT2D eigenvalue weighted by Gasteiger charge is -2.26. The fraction of sp³-hybridized carbons (Fsp3) is 0.356. The first-order valence-electron chi connectivity index (χ1n) is 26.4. The molecule has 4 atom stereocenters. The van der Waals surface area contributed by atoms with Gasteiger partial charge in [-0.15, -0.1) is 0 Å². The van der Waals surface area contributed by atoms with Gasteiger partial charge in [-0.25, -0.2) is 4.79 Å². The standard InChI is InChI=1S/C59H63N7O13/c1-35(61-53(67)18-10-11-19-54(68)69)55(70)62-36(2)56(71)63-40-22-20-37(21-23-40)34-79-59(74)64-33-42-27-39-15-7-9-17-47(39)66(42)58(73)44-29-50(76-4)52(31-48(44)64)78-25-13-5-12-24-77-51-30-45-43(28-49(51)75-3)57(72)65-41(32-60-45)26-38-14-6-8-16-46(38)65/h6-9,14-17,20-23,28-32,35-36,41-42H,5,10-13,18-19,24-27,33-34H2,1-4H3,(H,61,67)(H,62,70)(H,63,71)(H,68,69)/t35-,36-,41-,42-/m0/s1. The number of carboxylic acids is 1. The number of hydrogen-bond donors (Lipinski definition) is 4. The van der Waals surface area contributed by atoms with E-state index in [0.717, 1.165) is 28.9 Å². The van der Waals surface area contributed by atoms with Crippen molar-refractivity contribution < 1.29 is 62.4 Å². The Kier molecular flexibility index (Phi) is 17.1. The molecule has 20 nitrogen and oxygen atoms in total. The number of nitrogens with zero attached hydrogens (tertiary/aromatic N) is 4. The maximum atomic E-state index is 14.5. The van der Waals surface area contributed by atoms with Crippen molar-refractivity contribution in [2.45, 2.75) is 102 Å². The van der Waals surface area contributed by atoms with E-state index in [9.17, 15) is 33.6 Å². The number of methoxy groups -OCH3 is 2. The molecule has 0 saturated carbocycles. The van der Waals surface area contributed by atoms with E-state index in [1.807, 2.05) is 54.7 Å². The summed E-state index contributed by atoms with van der Waals surface area (Å²) in [5.74, 6) is -1.28. The van der Waals surface area contributed by atoms with Gasteiger partial charge in [-0.2, -0.15) is 0 Å². The van der Waals surface area contributed by atoms with E-state index in [1.165, 1.54) is 33.0 Å². The summed E-state index contributed by atoms with van der Waals surface area (Å²) in [5.41, 5.74) is 6.27. The molecule has 4 aliphatic rings. The number of rotatable bonds is 22. The SMILES string of the molecule is COc1cc2c(cc1OCCCCCOc1cc3c(cc1OC)C(=O)N1c4ccccc4C[C@H]1CN3C(=O)OCc1ccc(NC(=O)[C@H](C)NC(=O)[C@H](C)NC(=O)CCCCC(=O)O)cc1)N=C[C@@H]1Cc3ccccc3N1C2=O. The number of carboxylic acid groups (broad SMARTS) is 1. The maximum Gasteiger partial charge on any atom is 0.414 e. The van der Waals surface area contributed by atoms with Crippen LogP contribution in [0.15, 0.2) is 102 Å². The van der Waals surface area contributed by atoms with Crippen LogP contribution in [-0.2, 0) is 43.4 Å². The molecule has 79 heavy (non-hydrogen) atoms. The van der Waals surface area contributed by atoms with Crippen LogP contribution in [0, 0.1) is 0 Å². The number of carbonyl (C=O) groups is 7. The van der Waals surface area contributed by atoms with Crippen molar-refractivity contribution in [2.75, 3.05) is 54.0 Å². The Bertz CT molecular complexity index is 3180. The van der Waals surface area contributed by atoms with Gasteiger partial charge in [0.25, 0.3) is 11.8 Å². The first kappa shape index (κ1) is 54.8. The Morgan fingerprint density at radius 3 is 1.95 bits per heavy atom. The number of aliphatic carboxylic acids is 1. The zero-order valence-corrected chi connectivity index (χ0v) is 44.5. The molecular weight excluding hydrogens is 1010 g/mol. The Morgan fingerprint density at radius 1 is 0.658 bits per heavy atom. The molecule has 0 radical (unpaired) electrons. The van der Waals surface area contributed by atoms with Gasteiger partial charge in [-0.1, -0.05) is 48.5 Å². The fourth-order valence-electron chi connectivity index (χ4n) is 10.1. The summed E-state index contributed by atoms with van der Waals surface area (Å²) in [7, 11) is 3.03. The number of fused-ring (bicyclic) bond motifs is 8. The lowest BCUT2D eigenvalue weighted by Crippen LogP contribution is -2.50. The topological polar surface area (TPSA) is 244 Å². The molecular formula is C59H63N7O13. The minimum Gasteiger partial charge on any atom is -0.493 e. The fourth-order valence-corrected chi connectivity index (χ4v) is 10.1. The van der Waals surface area contributed by atoms with Crippen LogP contribution in [0.2, 0.25) is 0 Å². The molecule has 9 rings (SSSR count). The van der Waals surface area contributed by atoms with Gasteiger partial charge in [0, 0.05) is 54.7 Å². The molecule has 4 heterocycles. The van der Waals surface area contributed by atoms with Crippen molar-refractivity contribution in [2.24, 2.45) is 4.99 Å². The number of anilines is 4. The minimum absolute atomic E-state index is 0.0479. The van der Waals surface area contributed by atoms with E-state index in [-0.39, 0.29) is 56.0 Å². The van der Waals surface area contributed by atoms with Crippen molar-refractivity contribution in [3.63, 3.8) is 0 Å². The predicted octanol–water partition coefficient (Wildman–Crippen LogP) is 7.94. The lowest BCUT2D eigenvalue weighted by molar-refractivity contribution is -0.137. The van der Waals surface area contributed by atoms with Gasteiger partial charge in [0.15, 0.2) is 23.0 Å². The molecule has 6 amide bonds. The summed E-state index contributed by atoms with van der Waals surface area (Å²) in [6, 6.07) is 26.4. The highest BCUT2D eigenvalue weighted by Gasteiger charge is 2.42. The molecule has 0 fully saturated rings. The summed E-state index contributed by atoms with van der Waals surface area (Å²) in [6.07, 6.45) is 5.11. The van der Waals surface area contributed by atoms with Crippen LogP contribution in [0.25, 0.3) is 0 Å². The number of para-hydroxylation sites is 2. The van der Waals surface area contributed by atoms with E-state index in [4.69, 9.17) is 33.8 Å². The van der Waals surface area contributed by atoms with Crippen molar-refractivity contribution in [1.82, 2.24) is 10.6 Å². The number of benzene rings is 5. The number of unbranched alkanes of at least 4 members (excludes halogenated alkanes) is 3. The molecule has 4 aliphatic heterocycles. The average molecular weight is 1080 g/mol. The predicted molar refractivity (Wildman–Crippen MR) is 294 cm³/mol. The number of aliphatic imine (C=N–C) groups is 1. The van der Waals surface area contributed by atoms with Crippen molar-refractivity contribution in [3.05, 3.63) is 125 Å². The van der Waals surface area contributed by atoms with Gasteiger partial charge in [0.05, 0.1) is 68.6 Å². The van der Waals surface area contributed by atoms with Crippen LogP contribution >= 0.6 is 0 Å². The van der Waals surface area contributed by atoms with Crippen LogP contribution < -0.4 is 49.6 Å². The quantitative estimate of drug-likeness (QED) is 0.0482. The van der Waals surface area contributed by atoms with Crippen LogP contribution in [-0.4, -0.2) is 111 Å². The molecule has 0 saturated heterocycles. The zero-order chi connectivity index (χ0) is 55.7. The molecule has 0 spiro atoms. The zero-order valence-electron chi connectivity index (χ0n) is 44.5. The summed E-state index contributed by atoms with van der Waals surface area (Å²) >= 11 is 0. The van der Waals surface area contributed by atoms with E-state index in [0.29, 0.717) is 96.3 Å². The molecule has 20 heteroatoms. The van der Waals surface area contributed by atoms with Crippen LogP contribution in [0.1, 0.15) is 96.2 Å². The molecule has 4 N–H and O–H groups in total. The smallest absolute Gasteiger partial charge is 0.414 e. The Labute approximate surface area is 457 Å². The maximum absolute atomic E-state index is 14.5. The molecule has 5 aromatic rings. The highest BCUT2D eigenvalue weighted by atomic mass is 16.6. The Hall–Kier alpha value is -8.94. The third kappa shape index (κ3) is 12.4. The largest absolute Gasteiger partial charge is 0.493 e. The van der Waals surface area contributed by atoms with Crippen LogP contribution in [0.3, 0.4) is 0 Å². The summed E-state index contributed by atoms with van der Waals surface area (Å²) < 4.78 is 29.9. The molecule has 0 aromatic heterocycles. The van der Waals surface area contributed by atoms with E-state index in [2.05, 4.69) is 16.0 Å². The number of carbonyl (C=O) groups excluding carboxylic acids is 6. The van der Waals surface area contributed by atoms with E-state index >= 15 is 0 Å². The molecule has 0 unspecified atom stereocenters. The van der Waals surface area contributed by atoms with Crippen molar-refractivity contribution >= 4 is 76.2 Å². The van der Waals surface area contributed by atoms with Crippen molar-refractivity contribution in [3.8, 4) is 23.0 Å². The van der Waals surface area contributed by atoms with Crippen molar-refractivity contribution in [1.29, 1.82) is 0 Å². The summed E-state index contributed by atoms with van der Waals surface area (Å²) in [4.78, 5) is 101. The highest BCUT2D eigenvalue weighted by Crippen LogP contribution is 2.44. The Morgan fingerprint density at radius 2 is 1.27 bits per heavy atom. The lowest BCUT2D eigenvalue weighted by atomic mass is 10.1. The monoisotopic (exact) mass is 1080 g/mol. The number of ether oxygens (including phenoxy) is 5. The first-order valence-corrected chi connectivity index (χ1v) is 26.4. The minimum atomic E-state index is -0.959. The number of nitrogens with one attached hydrogen (secondary N) is 3. The Balaban J connectivity index is 0.800. The average Bonchev–Trinajstić information content (AvgIpc) is 4.18. The molecule has 0 bridgehead atoms. The van der Waals surface area contributed by atoms with Gasteiger partial charge in [0.1, 0.15) is 18.7 Å². The van der Waals surface area contributed by atoms with Gasteiger partial charge in [-0.3, -0.25) is 43.6 Å². The van der Waals surface area contributed by atoms with Gasteiger partial charge >= 0.3 is 12.1 Å². The van der Waals surface area contributed by atoms with Crippen LogP contribution in [0.4, 0.5) is 33.2 Å². The second-order valence-electron chi connectivity index (χ2n) is 19.8. The number of hydrogen-bond acceptors (Lipinski definition) is 13. The van der Waals surface area contributed by atoms with E-state index in [1.54, 1.807) is 58.3 Å². The first-order chi connectivity index (χ1) is 38.2. The van der Waals surface area contributed by atoms with E-state index < -0.39 is 47.9 Å². The second kappa shape index (κ2) is 24.6. The third-order valence-corrected chi connectivity index (χ3v) is 14.3. The molecule has 412 valence electrons. The molecule has 0 aliphatic carbocycles. The summed E-state index contributed by atoms with van der Waals surface area (Å²) in [6.45, 7) is 3.64. The normalized spacial score (nSPS) is 16.3. The third-order valence-electron chi connectivity index (χ3n) is 14.3. The number of amides is 6. The van der Waals surface area contributed by atoms with Gasteiger partial charge in [-0.05, 0) is 105 Å². The van der Waals surface area contributed by atoms with Crippen LogP contribution in [0.5, 0.6) is 23.0 Å². The summed E-state index contributed by atoms with van der Waals surface area (Å²) in [5, 5.41) is 16.7.